The summed E-state index contributed by atoms with van der Waals surface area (Å²) in [5.41, 5.74) is 0. The highest BCUT2D eigenvalue weighted by atomic mass is 16.7. The molecule has 470 valence electrons. The van der Waals surface area contributed by atoms with Crippen LogP contribution in [0, 0.1) is 0 Å². The molecular formula is C67H119NO13. The van der Waals surface area contributed by atoms with E-state index in [1.54, 1.807) is 6.08 Å². The average Bonchev–Trinajstić information content (AvgIpc) is 3.46. The van der Waals surface area contributed by atoms with Crippen LogP contribution < -0.4 is 5.32 Å². The van der Waals surface area contributed by atoms with Gasteiger partial charge in [0, 0.05) is 6.42 Å². The van der Waals surface area contributed by atoms with Gasteiger partial charge in [0.15, 0.2) is 12.6 Å². The third-order valence-corrected chi connectivity index (χ3v) is 15.6. The van der Waals surface area contributed by atoms with Crippen LogP contribution in [0.1, 0.15) is 251 Å². The number of rotatable bonds is 52. The van der Waals surface area contributed by atoms with Crippen molar-refractivity contribution < 1.29 is 64.6 Å². The van der Waals surface area contributed by atoms with Crippen molar-refractivity contribution in [2.24, 2.45) is 0 Å². The van der Waals surface area contributed by atoms with Crippen molar-refractivity contribution in [3.63, 3.8) is 0 Å². The molecule has 2 saturated heterocycles. The zero-order chi connectivity index (χ0) is 58.8. The topological polar surface area (TPSA) is 228 Å². The molecule has 2 heterocycles. The number of aliphatic hydroxyl groups excluding tert-OH is 8. The molecule has 1 amide bonds. The molecule has 2 aliphatic heterocycles. The number of amides is 1. The highest BCUT2D eigenvalue weighted by Gasteiger charge is 2.51. The number of allylic oxidation sites excluding steroid dienone is 11. The molecule has 2 fully saturated rings. The molecule has 0 aliphatic carbocycles. The van der Waals surface area contributed by atoms with Crippen LogP contribution in [0.3, 0.4) is 0 Å². The Morgan fingerprint density at radius 1 is 0.457 bits per heavy atom. The third-order valence-electron chi connectivity index (χ3n) is 15.6. The minimum Gasteiger partial charge on any atom is -0.394 e. The molecule has 0 aromatic rings. The molecule has 9 N–H and O–H groups in total. The largest absolute Gasteiger partial charge is 0.394 e. The van der Waals surface area contributed by atoms with Crippen LogP contribution in [0.15, 0.2) is 72.9 Å². The first kappa shape index (κ1) is 74.5. The molecule has 0 bridgehead atoms. The standard InChI is InChI=1S/C67H119NO13/c1-3-5-7-9-11-13-15-17-18-19-20-21-22-23-24-25-26-27-28-29-30-31-32-33-34-35-36-37-38-39-41-43-45-47-49-51-59(72)68-55(56(71)50-48-46-44-42-40-16-14-12-10-8-6-4-2)54-78-66-64(77)62(75)65(58(53-70)80-66)81-67-63(76)61(74)60(73)57(52-69)79-67/h5,7,11,13,17-18,20-21,40,42,48,50,55-58,60-67,69-71,73-77H,3-4,6,8-10,12,14-16,19,22-39,41,43-47,49,51-54H2,1-2H3,(H,68,72)/b7-5-,13-11-,18-17-,21-20-,42-40+,50-48+. The molecule has 81 heavy (non-hydrogen) atoms. The van der Waals surface area contributed by atoms with Gasteiger partial charge in [-0.1, -0.05) is 247 Å². The molecule has 0 spiro atoms. The second-order valence-corrected chi connectivity index (χ2v) is 22.9. The molecule has 0 radical (unpaired) electrons. The van der Waals surface area contributed by atoms with Gasteiger partial charge in [-0.25, -0.2) is 0 Å². The second-order valence-electron chi connectivity index (χ2n) is 22.9. The summed E-state index contributed by atoms with van der Waals surface area (Å²) in [5.74, 6) is -0.249. The predicted octanol–water partition coefficient (Wildman–Crippen LogP) is 12.3. The highest BCUT2D eigenvalue weighted by Crippen LogP contribution is 2.30. The van der Waals surface area contributed by atoms with Crippen LogP contribution in [0.2, 0.25) is 0 Å². The molecule has 12 unspecified atom stereocenters. The highest BCUT2D eigenvalue weighted by molar-refractivity contribution is 5.76. The Kier molecular flexibility index (Phi) is 47.7. The molecular weight excluding hydrogens is 1030 g/mol. The summed E-state index contributed by atoms with van der Waals surface area (Å²) in [6.07, 6.45) is 52.7. The maximum atomic E-state index is 13.3. The predicted molar refractivity (Wildman–Crippen MR) is 327 cm³/mol. The van der Waals surface area contributed by atoms with Crippen molar-refractivity contribution in [1.29, 1.82) is 0 Å². The minimum atomic E-state index is -1.79. The molecule has 0 saturated carbocycles. The van der Waals surface area contributed by atoms with E-state index in [0.29, 0.717) is 12.8 Å². The summed E-state index contributed by atoms with van der Waals surface area (Å²) in [6, 6.07) is -0.931. The van der Waals surface area contributed by atoms with Gasteiger partial charge in [-0.2, -0.15) is 0 Å². The maximum absolute atomic E-state index is 13.3. The van der Waals surface area contributed by atoms with Gasteiger partial charge in [0.2, 0.25) is 5.91 Å². The van der Waals surface area contributed by atoms with E-state index in [0.717, 1.165) is 57.8 Å². The van der Waals surface area contributed by atoms with E-state index < -0.39 is 86.8 Å². The van der Waals surface area contributed by atoms with Crippen LogP contribution in [0.25, 0.3) is 0 Å². The number of carbonyl (C=O) groups excluding carboxylic acids is 1. The van der Waals surface area contributed by atoms with Crippen LogP contribution in [0.5, 0.6) is 0 Å². The summed E-state index contributed by atoms with van der Waals surface area (Å²) in [5, 5.41) is 87.0. The lowest BCUT2D eigenvalue weighted by atomic mass is 9.97. The number of nitrogens with one attached hydrogen (secondary N) is 1. The lowest BCUT2D eigenvalue weighted by Crippen LogP contribution is -2.65. The molecule has 12 atom stereocenters. The summed E-state index contributed by atoms with van der Waals surface area (Å²) >= 11 is 0. The van der Waals surface area contributed by atoms with Crippen molar-refractivity contribution in [1.82, 2.24) is 5.32 Å². The summed E-state index contributed by atoms with van der Waals surface area (Å²) < 4.78 is 22.7. The fourth-order valence-electron chi connectivity index (χ4n) is 10.4. The quantitative estimate of drug-likeness (QED) is 0.0204. The lowest BCUT2D eigenvalue weighted by molar-refractivity contribution is -0.359. The zero-order valence-electron chi connectivity index (χ0n) is 50.8. The first-order valence-electron chi connectivity index (χ1n) is 32.7. The van der Waals surface area contributed by atoms with Crippen LogP contribution in [0.4, 0.5) is 0 Å². The summed E-state index contributed by atoms with van der Waals surface area (Å²) in [7, 11) is 0. The van der Waals surface area contributed by atoms with Crippen molar-refractivity contribution in [2.45, 2.75) is 325 Å². The number of hydrogen-bond acceptors (Lipinski definition) is 13. The van der Waals surface area contributed by atoms with Crippen molar-refractivity contribution in [2.75, 3.05) is 19.8 Å². The fraction of sp³-hybridized carbons (Fsp3) is 0.806. The van der Waals surface area contributed by atoms with Crippen LogP contribution in [-0.2, 0) is 23.7 Å². The zero-order valence-corrected chi connectivity index (χ0v) is 50.8. The number of carbonyl (C=O) groups is 1. The molecule has 14 heteroatoms. The van der Waals surface area contributed by atoms with Gasteiger partial charge >= 0.3 is 0 Å². The van der Waals surface area contributed by atoms with Crippen LogP contribution >= 0.6 is 0 Å². The molecule has 14 nitrogen and oxygen atoms in total. The van der Waals surface area contributed by atoms with Gasteiger partial charge in [0.1, 0.15) is 48.8 Å². The van der Waals surface area contributed by atoms with Gasteiger partial charge in [-0.15, -0.1) is 0 Å². The Hall–Kier alpha value is -2.57. The Morgan fingerprint density at radius 2 is 0.864 bits per heavy atom. The Bertz CT molecular complexity index is 1630. The first-order chi connectivity index (χ1) is 39.6. The normalized spacial score (nSPS) is 24.6. The van der Waals surface area contributed by atoms with Crippen molar-refractivity contribution in [3.8, 4) is 0 Å². The number of ether oxygens (including phenoxy) is 4. The molecule has 0 aromatic carbocycles. The number of aliphatic hydroxyl groups is 8. The smallest absolute Gasteiger partial charge is 0.220 e. The Morgan fingerprint density at radius 3 is 1.36 bits per heavy atom. The van der Waals surface area contributed by atoms with Gasteiger partial charge < -0.3 is 65.1 Å². The fourth-order valence-corrected chi connectivity index (χ4v) is 10.4. The van der Waals surface area contributed by atoms with Gasteiger partial charge in [0.25, 0.3) is 0 Å². The van der Waals surface area contributed by atoms with Crippen molar-refractivity contribution >= 4 is 5.91 Å². The first-order valence-corrected chi connectivity index (χ1v) is 32.7. The third kappa shape index (κ3) is 36.8. The van der Waals surface area contributed by atoms with E-state index in [2.05, 4.69) is 79.9 Å². The van der Waals surface area contributed by atoms with Gasteiger partial charge in [0.05, 0.1) is 32.0 Å². The monoisotopic (exact) mass is 1150 g/mol. The summed E-state index contributed by atoms with van der Waals surface area (Å²) in [4.78, 5) is 13.3. The minimum absolute atomic E-state index is 0.249. The van der Waals surface area contributed by atoms with E-state index in [-0.39, 0.29) is 18.9 Å². The average molecular weight is 1150 g/mol. The SMILES string of the molecule is CC/C=C\C/C=C\C/C=C\C/C=C\CCCCCCCCCCCCCCCCCCCCCCCCC(=O)NC(COC1OC(CO)C(OC2OC(CO)C(O)C(O)C2O)C(O)C1O)C(O)/C=C/CC/C=C/CCCCCCCC. The van der Waals surface area contributed by atoms with E-state index >= 15 is 0 Å². The molecule has 2 aliphatic rings. The molecule has 2 rings (SSSR count). The number of unbranched alkanes of at least 4 members (excludes halogenated alkanes) is 29. The molecule has 0 aromatic heterocycles. The Balaban J connectivity index is 1.60. The van der Waals surface area contributed by atoms with E-state index in [9.17, 15) is 45.6 Å². The Labute approximate surface area is 491 Å². The van der Waals surface area contributed by atoms with E-state index in [4.69, 9.17) is 18.9 Å². The van der Waals surface area contributed by atoms with Gasteiger partial charge in [-0.3, -0.25) is 4.79 Å². The van der Waals surface area contributed by atoms with Gasteiger partial charge in [-0.05, 0) is 70.6 Å². The van der Waals surface area contributed by atoms with E-state index in [1.807, 2.05) is 6.08 Å². The maximum Gasteiger partial charge on any atom is 0.220 e. The second kappa shape index (κ2) is 51.8. The van der Waals surface area contributed by atoms with Crippen LogP contribution in [-0.4, -0.2) is 140 Å². The van der Waals surface area contributed by atoms with E-state index in [1.165, 1.54) is 161 Å². The van der Waals surface area contributed by atoms with Crippen molar-refractivity contribution in [3.05, 3.63) is 72.9 Å². The lowest BCUT2D eigenvalue weighted by Gasteiger charge is -2.46. The number of hydrogen-bond donors (Lipinski definition) is 9. The summed E-state index contributed by atoms with van der Waals surface area (Å²) in [6.45, 7) is 2.65.